The summed E-state index contributed by atoms with van der Waals surface area (Å²) in [4.78, 5) is 0. The molecule has 0 aliphatic carbocycles. The molecule has 3 heterocycles. The van der Waals surface area contributed by atoms with E-state index in [4.69, 9.17) is 8.83 Å². The molecule has 0 amide bonds. The molecule has 3 nitrogen and oxygen atoms in total. The monoisotopic (exact) mass is 525 g/mol. The summed E-state index contributed by atoms with van der Waals surface area (Å²) >= 11 is 0. The molecule has 2 aromatic heterocycles. The van der Waals surface area contributed by atoms with E-state index in [0.29, 0.717) is 11.3 Å². The van der Waals surface area contributed by atoms with E-state index >= 15 is 4.39 Å². The van der Waals surface area contributed by atoms with Gasteiger partial charge in [0.05, 0.1) is 12.9 Å². The number of furan rings is 2. The Morgan fingerprint density at radius 3 is 2.40 bits per heavy atom. The first kappa shape index (κ1) is 24.2. The van der Waals surface area contributed by atoms with Crippen LogP contribution in [0.25, 0.3) is 50.5 Å². The van der Waals surface area contributed by atoms with Crippen LogP contribution in [0.1, 0.15) is 39.1 Å². The van der Waals surface area contributed by atoms with Crippen LogP contribution in [0.4, 0.5) is 4.39 Å². The number of para-hydroxylation sites is 1. The molecule has 1 aliphatic heterocycles. The van der Waals surface area contributed by atoms with Gasteiger partial charge in [-0.15, -0.1) is 35.9 Å². The van der Waals surface area contributed by atoms with E-state index in [2.05, 4.69) is 52.6 Å². The van der Waals surface area contributed by atoms with Crippen molar-refractivity contribution in [1.82, 2.24) is 0 Å². The summed E-state index contributed by atoms with van der Waals surface area (Å²) in [7, 11) is 0. The molecule has 4 aromatic carbocycles. The fourth-order valence-corrected chi connectivity index (χ4v) is 5.89. The molecule has 4 heteroatoms. The highest BCUT2D eigenvalue weighted by Crippen LogP contribution is 2.42. The largest absolute Gasteiger partial charge is 0.298 e. The van der Waals surface area contributed by atoms with Crippen molar-refractivity contribution < 1.29 is 17.8 Å². The van der Waals surface area contributed by atoms with Crippen LogP contribution < -0.4 is 0 Å². The quantitative estimate of drug-likeness (QED) is 0.131. The van der Waals surface area contributed by atoms with Gasteiger partial charge in [0, 0.05) is 11.1 Å². The van der Waals surface area contributed by atoms with E-state index in [1.54, 1.807) is 0 Å². The van der Waals surface area contributed by atoms with E-state index in [1.165, 1.54) is 5.56 Å². The van der Waals surface area contributed by atoms with Crippen LogP contribution in [-0.4, -0.2) is 11.3 Å². The number of hydrogen-bond acceptors (Lipinski definition) is 0. The number of fused-ring (bicyclic) bond motifs is 4. The van der Waals surface area contributed by atoms with Gasteiger partial charge in [0.2, 0.25) is 0 Å². The smallest absolute Gasteiger partial charge is 0.290 e. The molecule has 0 unspecified atom stereocenters. The van der Waals surface area contributed by atoms with Crippen LogP contribution in [0.2, 0.25) is 0 Å². The van der Waals surface area contributed by atoms with Crippen LogP contribution in [0, 0.1) is 39.6 Å². The van der Waals surface area contributed by atoms with E-state index in [-0.39, 0.29) is 11.4 Å². The Morgan fingerprint density at radius 1 is 0.850 bits per heavy atom. The number of hydrogen-bond donors (Lipinski definition) is 0. The van der Waals surface area contributed by atoms with Gasteiger partial charge >= 0.3 is 0 Å². The summed E-state index contributed by atoms with van der Waals surface area (Å²) in [5.74, 6) is 1.09. The van der Waals surface area contributed by atoms with Crippen LogP contribution in [0.5, 0.6) is 0 Å². The zero-order chi connectivity index (χ0) is 27.7. The maximum atomic E-state index is 16.1. The zero-order valence-corrected chi connectivity index (χ0v) is 22.9. The highest BCUT2D eigenvalue weighted by atomic mass is 19.1. The van der Waals surface area contributed by atoms with Gasteiger partial charge < -0.3 is 0 Å². The topological polar surface area (TPSA) is 25.6 Å². The van der Waals surface area contributed by atoms with Crippen LogP contribution >= 0.6 is 0 Å². The molecule has 0 N–H and O–H groups in total. The summed E-state index contributed by atoms with van der Waals surface area (Å²) in [6.45, 7) is 12.6. The van der Waals surface area contributed by atoms with Crippen molar-refractivity contribution in [3.05, 3.63) is 130 Å². The van der Waals surface area contributed by atoms with Crippen molar-refractivity contribution in [2.24, 2.45) is 0 Å². The molecule has 6 aromatic rings. The predicted octanol–water partition coefficient (Wildman–Crippen LogP) is 9.51. The average Bonchev–Trinajstić information content (AvgIpc) is 3.50. The maximum Gasteiger partial charge on any atom is 0.298 e. The molecular weight excluding hydrogens is 497 g/mol. The van der Waals surface area contributed by atoms with E-state index in [9.17, 15) is 0 Å². The van der Waals surface area contributed by atoms with Gasteiger partial charge in [-0.1, -0.05) is 78.6 Å². The van der Waals surface area contributed by atoms with Gasteiger partial charge in [-0.05, 0) is 41.8 Å². The van der Waals surface area contributed by atoms with Gasteiger partial charge in [-0.3, -0.25) is 13.4 Å². The second-order valence-electron chi connectivity index (χ2n) is 10.7. The molecule has 40 heavy (non-hydrogen) atoms. The Labute approximate surface area is 232 Å². The summed E-state index contributed by atoms with van der Waals surface area (Å²) in [5.41, 5.74) is 9.82. The Morgan fingerprint density at radius 2 is 1.62 bits per heavy atom. The molecule has 0 atom stereocenters. The predicted molar refractivity (Wildman–Crippen MR) is 160 cm³/mol. The van der Waals surface area contributed by atoms with Gasteiger partial charge in [0.1, 0.15) is 0 Å². The third-order valence-corrected chi connectivity index (χ3v) is 8.13. The van der Waals surface area contributed by atoms with Crippen LogP contribution in [0.15, 0.2) is 87.8 Å². The molecule has 0 radical (unpaired) electrons. The molecule has 0 fully saturated rings. The van der Waals surface area contributed by atoms with Crippen molar-refractivity contribution in [3.8, 4) is 22.5 Å². The normalized spacial score (nSPS) is 13.0. The van der Waals surface area contributed by atoms with Gasteiger partial charge in [0.15, 0.2) is 11.9 Å². The zero-order valence-electron chi connectivity index (χ0n) is 22.9. The Kier molecular flexibility index (Phi) is 5.36. The molecule has 0 spiro atoms. The number of halogens is 1. The van der Waals surface area contributed by atoms with Crippen molar-refractivity contribution in [2.75, 3.05) is 0 Å². The molecular formula is C36H28FNO2. The highest BCUT2D eigenvalue weighted by molar-refractivity contribution is 5.94. The fraction of sp³-hybridized carbons (Fsp3) is 0.111. The second kappa shape index (κ2) is 8.85. The number of benzene rings is 4. The molecule has 0 saturated carbocycles. The highest BCUT2D eigenvalue weighted by Gasteiger charge is 2.34. The third-order valence-electron chi connectivity index (χ3n) is 8.13. The van der Waals surface area contributed by atoms with Gasteiger partial charge in [0.25, 0.3) is 22.7 Å². The maximum absolute atomic E-state index is 16.1. The first-order valence-electron chi connectivity index (χ1n) is 13.4. The summed E-state index contributed by atoms with van der Waals surface area (Å²) in [6.07, 6.45) is 3.85. The number of nitrogens with zero attached hydrogens (tertiary/aromatic N) is 1. The number of rotatable bonds is 3. The third kappa shape index (κ3) is 3.56. The Balaban J connectivity index is 1.31. The standard InChI is InChI=1S/C36H28FNO2/c1-20-18-21(2)22(3)30(19-20)33-36-29(16-17-38(33)5)28-15-14-27(32(37)35(28)40-36)24-10-12-25(13-11-24)34-23(4)26-8-6-7-9-31(26)39-34/h6-19H,5H2,1-4H3. The minimum atomic E-state index is -0.375. The van der Waals surface area contributed by atoms with Crippen LogP contribution in [-0.2, 0) is 0 Å². The molecule has 7 rings (SSSR count). The molecule has 1 aliphatic rings. The first-order valence-corrected chi connectivity index (χ1v) is 13.4. The van der Waals surface area contributed by atoms with Gasteiger partial charge in [-0.25, -0.2) is 4.39 Å². The van der Waals surface area contributed by atoms with E-state index in [0.717, 1.165) is 67.1 Å². The lowest BCUT2D eigenvalue weighted by molar-refractivity contribution is -0.420. The molecule has 196 valence electrons. The summed E-state index contributed by atoms with van der Waals surface area (Å²) < 4.78 is 30.4. The summed E-state index contributed by atoms with van der Waals surface area (Å²) in [6, 6.07) is 24.8. The Hall–Kier alpha value is -4.83. The second-order valence-corrected chi connectivity index (χ2v) is 10.7. The van der Waals surface area contributed by atoms with Crippen LogP contribution in [0.3, 0.4) is 0 Å². The Bertz CT molecular complexity index is 2020. The van der Waals surface area contributed by atoms with Crippen molar-refractivity contribution in [2.45, 2.75) is 27.7 Å². The minimum absolute atomic E-state index is 0.249. The SMILES string of the molecule is C=[N+]1C=Cc2c3ccc(-c4ccc(-c5[o+][c-]6ccccc6c5C)cc4)c(F)c3[o+][c-]2[C-]1c1cc(C)cc(C)c1C. The lowest BCUT2D eigenvalue weighted by Crippen LogP contribution is -2.19. The van der Waals surface area contributed by atoms with Crippen molar-refractivity contribution in [3.63, 3.8) is 0 Å². The first-order chi connectivity index (χ1) is 19.3. The van der Waals surface area contributed by atoms with Crippen molar-refractivity contribution >= 4 is 34.7 Å². The summed E-state index contributed by atoms with van der Waals surface area (Å²) in [5, 5.41) is 1.84. The molecule has 0 saturated heterocycles. The van der Waals surface area contributed by atoms with E-state index in [1.807, 2.05) is 71.4 Å². The fourth-order valence-electron chi connectivity index (χ4n) is 5.89. The van der Waals surface area contributed by atoms with E-state index < -0.39 is 0 Å². The minimum Gasteiger partial charge on any atom is -0.290 e. The average molecular weight is 526 g/mol. The lowest BCUT2D eigenvalue weighted by Gasteiger charge is -2.24. The molecule has 0 bridgehead atoms. The number of aryl methyl sites for hydroxylation is 3. The van der Waals surface area contributed by atoms with Crippen molar-refractivity contribution in [1.29, 1.82) is 0 Å². The lowest BCUT2D eigenvalue weighted by atomic mass is 9.90. The van der Waals surface area contributed by atoms with Gasteiger partial charge in [-0.2, -0.15) is 0 Å².